The van der Waals surface area contributed by atoms with Gasteiger partial charge in [0, 0.05) is 21.5 Å². The molecular formula is C21H18BrN3O2. The summed E-state index contributed by atoms with van der Waals surface area (Å²) in [5, 5.41) is 12.1. The molecule has 0 atom stereocenters. The lowest BCUT2D eigenvalue weighted by Crippen LogP contribution is -2.23. The van der Waals surface area contributed by atoms with Crippen molar-refractivity contribution in [1.29, 1.82) is 5.26 Å². The highest BCUT2D eigenvalue weighted by atomic mass is 79.9. The molecule has 0 saturated heterocycles. The third-order valence-electron chi connectivity index (χ3n) is 4.22. The van der Waals surface area contributed by atoms with E-state index in [1.54, 1.807) is 24.5 Å². The standard InChI is InChI=1S/C21H18BrN3O2/c1-14-10-16(15(2)25(14)19-7-5-18(22)6-8-19)11-17(12-23)21(26)24-13-20-4-3-9-27-20/h3-11H,13H2,1-2H3,(H,24,26). The predicted octanol–water partition coefficient (Wildman–Crippen LogP) is 4.67. The van der Waals surface area contributed by atoms with E-state index in [-0.39, 0.29) is 12.1 Å². The number of halogens is 1. The fraction of sp³-hybridized carbons (Fsp3) is 0.143. The van der Waals surface area contributed by atoms with Crippen LogP contribution in [-0.2, 0) is 11.3 Å². The Bertz CT molecular complexity index is 1020. The van der Waals surface area contributed by atoms with Gasteiger partial charge in [0.15, 0.2) is 0 Å². The summed E-state index contributed by atoms with van der Waals surface area (Å²) in [6, 6.07) is 15.5. The molecular weight excluding hydrogens is 406 g/mol. The van der Waals surface area contributed by atoms with Crippen LogP contribution in [0.3, 0.4) is 0 Å². The number of hydrogen-bond acceptors (Lipinski definition) is 3. The quantitative estimate of drug-likeness (QED) is 0.478. The van der Waals surface area contributed by atoms with Gasteiger partial charge in [-0.25, -0.2) is 0 Å². The smallest absolute Gasteiger partial charge is 0.262 e. The molecule has 5 nitrogen and oxygen atoms in total. The number of nitrogens with zero attached hydrogens (tertiary/aromatic N) is 2. The molecule has 0 aliphatic rings. The molecule has 0 bridgehead atoms. The molecule has 0 aliphatic heterocycles. The van der Waals surface area contributed by atoms with Crippen LogP contribution in [0.1, 0.15) is 22.7 Å². The molecule has 0 spiro atoms. The number of aromatic nitrogens is 1. The van der Waals surface area contributed by atoms with Crippen molar-refractivity contribution < 1.29 is 9.21 Å². The van der Waals surface area contributed by atoms with Gasteiger partial charge in [0.1, 0.15) is 17.4 Å². The van der Waals surface area contributed by atoms with Crippen LogP contribution in [0.4, 0.5) is 0 Å². The second-order valence-corrected chi connectivity index (χ2v) is 6.99. The number of aryl methyl sites for hydroxylation is 1. The average molecular weight is 424 g/mol. The van der Waals surface area contributed by atoms with Gasteiger partial charge in [-0.1, -0.05) is 15.9 Å². The van der Waals surface area contributed by atoms with Crippen LogP contribution in [-0.4, -0.2) is 10.5 Å². The summed E-state index contributed by atoms with van der Waals surface area (Å²) in [4.78, 5) is 12.3. The van der Waals surface area contributed by atoms with Crippen LogP contribution in [0.15, 0.2) is 63.2 Å². The van der Waals surface area contributed by atoms with Gasteiger partial charge in [-0.3, -0.25) is 4.79 Å². The molecule has 0 radical (unpaired) electrons. The van der Waals surface area contributed by atoms with Crippen molar-refractivity contribution in [3.63, 3.8) is 0 Å². The first kappa shape index (κ1) is 18.7. The van der Waals surface area contributed by atoms with Crippen molar-refractivity contribution in [2.75, 3.05) is 0 Å². The number of rotatable bonds is 5. The van der Waals surface area contributed by atoms with Gasteiger partial charge in [-0.05, 0) is 68.0 Å². The number of furan rings is 1. The minimum atomic E-state index is -0.428. The molecule has 0 unspecified atom stereocenters. The van der Waals surface area contributed by atoms with Gasteiger partial charge in [0.05, 0.1) is 12.8 Å². The zero-order valence-electron chi connectivity index (χ0n) is 15.0. The maximum absolute atomic E-state index is 12.3. The molecule has 1 amide bonds. The topological polar surface area (TPSA) is 71.0 Å². The molecule has 27 heavy (non-hydrogen) atoms. The molecule has 2 aromatic heterocycles. The highest BCUT2D eigenvalue weighted by molar-refractivity contribution is 9.10. The molecule has 3 aromatic rings. The van der Waals surface area contributed by atoms with Gasteiger partial charge in [-0.2, -0.15) is 5.26 Å². The molecule has 3 rings (SSSR count). The van der Waals surface area contributed by atoms with Crippen LogP contribution in [0.2, 0.25) is 0 Å². The van der Waals surface area contributed by atoms with E-state index in [4.69, 9.17) is 4.42 Å². The summed E-state index contributed by atoms with van der Waals surface area (Å²) in [5.74, 6) is 0.205. The fourth-order valence-electron chi connectivity index (χ4n) is 2.90. The second kappa shape index (κ2) is 8.11. The van der Waals surface area contributed by atoms with Gasteiger partial charge in [0.25, 0.3) is 5.91 Å². The number of benzene rings is 1. The van der Waals surface area contributed by atoms with Gasteiger partial charge >= 0.3 is 0 Å². The van der Waals surface area contributed by atoms with E-state index in [1.165, 1.54) is 0 Å². The van der Waals surface area contributed by atoms with E-state index in [1.807, 2.05) is 50.2 Å². The highest BCUT2D eigenvalue weighted by Crippen LogP contribution is 2.24. The zero-order chi connectivity index (χ0) is 19.4. The van der Waals surface area contributed by atoms with Crippen molar-refractivity contribution in [1.82, 2.24) is 9.88 Å². The largest absolute Gasteiger partial charge is 0.467 e. The van der Waals surface area contributed by atoms with Crippen LogP contribution in [0.5, 0.6) is 0 Å². The van der Waals surface area contributed by atoms with Crippen molar-refractivity contribution in [2.45, 2.75) is 20.4 Å². The first-order valence-electron chi connectivity index (χ1n) is 8.37. The third-order valence-corrected chi connectivity index (χ3v) is 4.75. The van der Waals surface area contributed by atoms with Crippen molar-refractivity contribution in [3.8, 4) is 11.8 Å². The Hall–Kier alpha value is -3.04. The Kier molecular flexibility index (Phi) is 5.63. The summed E-state index contributed by atoms with van der Waals surface area (Å²) in [5.41, 5.74) is 3.89. The lowest BCUT2D eigenvalue weighted by Gasteiger charge is -2.09. The second-order valence-electron chi connectivity index (χ2n) is 6.07. The Morgan fingerprint density at radius 1 is 1.30 bits per heavy atom. The first-order valence-corrected chi connectivity index (χ1v) is 9.16. The molecule has 2 heterocycles. The van der Waals surface area contributed by atoms with Crippen LogP contribution >= 0.6 is 15.9 Å². The fourth-order valence-corrected chi connectivity index (χ4v) is 3.17. The summed E-state index contributed by atoms with van der Waals surface area (Å²) in [6.45, 7) is 4.20. The van der Waals surface area contributed by atoms with E-state index < -0.39 is 5.91 Å². The number of amides is 1. The minimum absolute atomic E-state index is 0.0533. The first-order chi connectivity index (χ1) is 13.0. The number of hydrogen-bond donors (Lipinski definition) is 1. The normalized spacial score (nSPS) is 11.3. The Morgan fingerprint density at radius 2 is 2.04 bits per heavy atom. The average Bonchev–Trinajstić information content (AvgIpc) is 3.27. The number of nitriles is 1. The van der Waals surface area contributed by atoms with Gasteiger partial charge in [-0.15, -0.1) is 0 Å². The summed E-state index contributed by atoms with van der Waals surface area (Å²) in [6.07, 6.45) is 3.16. The lowest BCUT2D eigenvalue weighted by atomic mass is 10.1. The summed E-state index contributed by atoms with van der Waals surface area (Å²) >= 11 is 3.44. The van der Waals surface area contributed by atoms with Crippen molar-refractivity contribution in [3.05, 3.63) is 81.5 Å². The molecule has 1 N–H and O–H groups in total. The van der Waals surface area contributed by atoms with Crippen LogP contribution < -0.4 is 5.32 Å². The van der Waals surface area contributed by atoms with Crippen LogP contribution in [0.25, 0.3) is 11.8 Å². The number of carbonyl (C=O) groups is 1. The minimum Gasteiger partial charge on any atom is -0.467 e. The monoisotopic (exact) mass is 423 g/mol. The zero-order valence-corrected chi connectivity index (χ0v) is 16.6. The molecule has 6 heteroatoms. The van der Waals surface area contributed by atoms with E-state index in [0.717, 1.165) is 27.1 Å². The van der Waals surface area contributed by atoms with E-state index in [2.05, 4.69) is 25.8 Å². The maximum Gasteiger partial charge on any atom is 0.262 e. The number of carbonyl (C=O) groups excluding carboxylic acids is 1. The SMILES string of the molecule is Cc1cc(C=C(C#N)C(=O)NCc2ccco2)c(C)n1-c1ccc(Br)cc1. The summed E-state index contributed by atoms with van der Waals surface area (Å²) < 4.78 is 8.29. The molecule has 0 aliphatic carbocycles. The Labute approximate surface area is 166 Å². The van der Waals surface area contributed by atoms with Crippen LogP contribution in [0, 0.1) is 25.2 Å². The Balaban J connectivity index is 1.86. The van der Waals surface area contributed by atoms with Gasteiger partial charge < -0.3 is 14.3 Å². The number of nitrogens with one attached hydrogen (secondary N) is 1. The van der Waals surface area contributed by atoms with E-state index in [9.17, 15) is 10.1 Å². The van der Waals surface area contributed by atoms with Crippen molar-refractivity contribution >= 4 is 27.9 Å². The van der Waals surface area contributed by atoms with Crippen molar-refractivity contribution in [2.24, 2.45) is 0 Å². The van der Waals surface area contributed by atoms with Gasteiger partial charge in [0.2, 0.25) is 0 Å². The lowest BCUT2D eigenvalue weighted by molar-refractivity contribution is -0.117. The molecule has 136 valence electrons. The molecule has 0 saturated carbocycles. The summed E-state index contributed by atoms with van der Waals surface area (Å²) in [7, 11) is 0. The van der Waals surface area contributed by atoms with E-state index in [0.29, 0.717) is 5.76 Å². The molecule has 0 fully saturated rings. The highest BCUT2D eigenvalue weighted by Gasteiger charge is 2.14. The molecule has 1 aromatic carbocycles. The Morgan fingerprint density at radius 3 is 2.67 bits per heavy atom. The third kappa shape index (κ3) is 4.21. The predicted molar refractivity (Wildman–Crippen MR) is 107 cm³/mol. The maximum atomic E-state index is 12.3. The van der Waals surface area contributed by atoms with E-state index >= 15 is 0 Å².